The largest absolute Gasteiger partial charge is 0.457 e. The second-order valence-electron chi connectivity index (χ2n) is 10.2. The van der Waals surface area contributed by atoms with Crippen molar-refractivity contribution >= 4 is 11.8 Å². The fraction of sp³-hybridized carbons (Fsp3) is 0.538. The third-order valence-corrected chi connectivity index (χ3v) is 6.98. The van der Waals surface area contributed by atoms with Crippen molar-refractivity contribution in [2.75, 3.05) is 0 Å². The van der Waals surface area contributed by atoms with Crippen LogP contribution in [-0.4, -0.2) is 22.8 Å². The van der Waals surface area contributed by atoms with Crippen molar-refractivity contribution in [1.29, 1.82) is 0 Å². The van der Waals surface area contributed by atoms with Crippen LogP contribution < -0.4 is 0 Å². The first-order valence-corrected chi connectivity index (χ1v) is 11.2. The summed E-state index contributed by atoms with van der Waals surface area (Å²) in [6.07, 6.45) is 4.35. The number of aromatic amines is 1. The summed E-state index contributed by atoms with van der Waals surface area (Å²) in [6, 6.07) is 8.63. The lowest BCUT2D eigenvalue weighted by Gasteiger charge is -2.24. The van der Waals surface area contributed by atoms with Crippen LogP contribution >= 0.6 is 0 Å². The van der Waals surface area contributed by atoms with Crippen LogP contribution in [0.25, 0.3) is 0 Å². The highest BCUT2D eigenvalue weighted by Gasteiger charge is 2.34. The predicted octanol–water partition coefficient (Wildman–Crippen LogP) is 5.88. The zero-order valence-corrected chi connectivity index (χ0v) is 18.8. The molecule has 0 amide bonds. The van der Waals surface area contributed by atoms with E-state index >= 15 is 0 Å². The van der Waals surface area contributed by atoms with Gasteiger partial charge in [0.2, 0.25) is 0 Å². The molecule has 0 radical (unpaired) electrons. The van der Waals surface area contributed by atoms with Gasteiger partial charge in [0.05, 0.1) is 0 Å². The molecule has 1 aromatic carbocycles. The third kappa shape index (κ3) is 3.84. The van der Waals surface area contributed by atoms with Crippen LogP contribution in [0.15, 0.2) is 24.3 Å². The number of rotatable bonds is 3. The van der Waals surface area contributed by atoms with Crippen molar-refractivity contribution in [3.63, 3.8) is 0 Å². The summed E-state index contributed by atoms with van der Waals surface area (Å²) >= 11 is 0. The molecule has 160 valence electrons. The maximum absolute atomic E-state index is 13.0. The molecule has 1 fully saturated rings. The van der Waals surface area contributed by atoms with Gasteiger partial charge < -0.3 is 9.72 Å². The van der Waals surface area contributed by atoms with Gasteiger partial charge in [-0.05, 0) is 66.5 Å². The van der Waals surface area contributed by atoms with Gasteiger partial charge >= 0.3 is 5.97 Å². The first-order chi connectivity index (χ1) is 14.1. The second-order valence-corrected chi connectivity index (χ2v) is 10.2. The van der Waals surface area contributed by atoms with E-state index in [-0.39, 0.29) is 29.2 Å². The molecule has 4 heteroatoms. The Labute approximate surface area is 179 Å². The molecule has 0 spiro atoms. The van der Waals surface area contributed by atoms with E-state index in [0.29, 0.717) is 23.6 Å². The number of hydrogen-bond donors (Lipinski definition) is 1. The Balaban J connectivity index is 1.55. The minimum Gasteiger partial charge on any atom is -0.457 e. The van der Waals surface area contributed by atoms with E-state index in [0.717, 1.165) is 36.9 Å². The smallest absolute Gasteiger partial charge is 0.355 e. The number of nitrogens with one attached hydrogen (secondary N) is 1. The molecule has 0 unspecified atom stereocenters. The molecular weight excluding hydrogens is 374 g/mol. The molecule has 2 aliphatic rings. The maximum Gasteiger partial charge on any atom is 0.355 e. The maximum atomic E-state index is 13.0. The number of benzene rings is 1. The summed E-state index contributed by atoms with van der Waals surface area (Å²) < 4.78 is 5.78. The Kier molecular flexibility index (Phi) is 5.37. The molecule has 2 aliphatic carbocycles. The molecular formula is C26H33NO3. The number of esters is 1. The zero-order valence-electron chi connectivity index (χ0n) is 18.8. The minimum atomic E-state index is -0.320. The van der Waals surface area contributed by atoms with Crippen molar-refractivity contribution in [2.45, 2.75) is 84.2 Å². The molecule has 4 rings (SSSR count). The Hall–Kier alpha value is -2.36. The minimum absolute atomic E-state index is 0.0120. The summed E-state index contributed by atoms with van der Waals surface area (Å²) in [5.74, 6) is 0.333. The van der Waals surface area contributed by atoms with Gasteiger partial charge in [-0.1, -0.05) is 52.0 Å². The zero-order chi connectivity index (χ0) is 21.6. The Morgan fingerprint density at radius 3 is 2.40 bits per heavy atom. The molecule has 2 aromatic rings. The predicted molar refractivity (Wildman–Crippen MR) is 118 cm³/mol. The molecule has 1 saturated carbocycles. The van der Waals surface area contributed by atoms with Gasteiger partial charge in [0.15, 0.2) is 5.78 Å². The van der Waals surface area contributed by atoms with Gasteiger partial charge in [-0.15, -0.1) is 0 Å². The van der Waals surface area contributed by atoms with E-state index in [1.165, 1.54) is 11.1 Å². The number of hydrogen-bond acceptors (Lipinski definition) is 3. The van der Waals surface area contributed by atoms with Gasteiger partial charge in [0, 0.05) is 17.7 Å². The highest BCUT2D eigenvalue weighted by atomic mass is 16.5. The average Bonchev–Trinajstić information content (AvgIpc) is 3.24. The summed E-state index contributed by atoms with van der Waals surface area (Å²) in [5, 5.41) is 0. The topological polar surface area (TPSA) is 59.2 Å². The standard InChI is InChI=1S/C26H33NO3/c1-15-7-6-8-22(15)30-25(29)24-16(2)23-20(27-24)13-18(14-21(23)28)17-9-11-19(12-10-17)26(3,4)5/h9-12,15,18,22,27H,6-8,13-14H2,1-5H3/t15-,18+,22+/m0/s1. The molecule has 3 atom stereocenters. The highest BCUT2D eigenvalue weighted by Crippen LogP contribution is 2.36. The van der Waals surface area contributed by atoms with Crippen LogP contribution in [0.5, 0.6) is 0 Å². The monoisotopic (exact) mass is 407 g/mol. The van der Waals surface area contributed by atoms with E-state index in [4.69, 9.17) is 4.74 Å². The SMILES string of the molecule is Cc1c(C(=O)O[C@@H]2CCC[C@@H]2C)[nH]c2c1C(=O)C[C@H](c1ccc(C(C)(C)C)cc1)C2. The second kappa shape index (κ2) is 7.72. The van der Waals surface area contributed by atoms with Crippen molar-refractivity contribution in [1.82, 2.24) is 4.98 Å². The normalized spacial score (nSPS) is 24.0. The first kappa shape index (κ1) is 20.9. The molecule has 0 bridgehead atoms. The summed E-state index contributed by atoms with van der Waals surface area (Å²) in [7, 11) is 0. The van der Waals surface area contributed by atoms with E-state index in [1.807, 2.05) is 6.92 Å². The van der Waals surface area contributed by atoms with E-state index in [1.54, 1.807) is 0 Å². The van der Waals surface area contributed by atoms with Crippen molar-refractivity contribution < 1.29 is 14.3 Å². The fourth-order valence-corrected chi connectivity index (χ4v) is 5.01. The Bertz CT molecular complexity index is 961. The number of aromatic nitrogens is 1. The van der Waals surface area contributed by atoms with Gasteiger partial charge in [-0.25, -0.2) is 4.79 Å². The molecule has 0 aliphatic heterocycles. The van der Waals surface area contributed by atoms with Crippen LogP contribution in [0.4, 0.5) is 0 Å². The number of ether oxygens (including phenoxy) is 1. The molecule has 30 heavy (non-hydrogen) atoms. The van der Waals surface area contributed by atoms with Gasteiger partial charge in [-0.2, -0.15) is 0 Å². The quantitative estimate of drug-likeness (QED) is 0.647. The van der Waals surface area contributed by atoms with Crippen molar-refractivity contribution in [3.8, 4) is 0 Å². The van der Waals surface area contributed by atoms with Crippen LogP contribution in [0, 0.1) is 12.8 Å². The lowest BCUT2D eigenvalue weighted by atomic mass is 9.80. The van der Waals surface area contributed by atoms with Gasteiger partial charge in [0.1, 0.15) is 11.8 Å². The number of fused-ring (bicyclic) bond motifs is 1. The lowest BCUT2D eigenvalue weighted by molar-refractivity contribution is 0.0219. The average molecular weight is 408 g/mol. The van der Waals surface area contributed by atoms with E-state index in [2.05, 4.69) is 56.9 Å². The molecule has 1 heterocycles. The number of carbonyl (C=O) groups is 2. The van der Waals surface area contributed by atoms with Crippen molar-refractivity contribution in [3.05, 3.63) is 57.9 Å². The molecule has 1 aromatic heterocycles. The number of H-pyrrole nitrogens is 1. The highest BCUT2D eigenvalue weighted by molar-refractivity contribution is 6.03. The van der Waals surface area contributed by atoms with Crippen LogP contribution in [0.2, 0.25) is 0 Å². The molecule has 1 N–H and O–H groups in total. The fourth-order valence-electron chi connectivity index (χ4n) is 5.01. The summed E-state index contributed by atoms with van der Waals surface area (Å²) in [5.41, 5.74) is 5.35. The van der Waals surface area contributed by atoms with E-state index < -0.39 is 0 Å². The first-order valence-electron chi connectivity index (χ1n) is 11.2. The Morgan fingerprint density at radius 2 is 1.80 bits per heavy atom. The van der Waals surface area contributed by atoms with Crippen LogP contribution in [0.1, 0.15) is 103 Å². The Morgan fingerprint density at radius 1 is 1.10 bits per heavy atom. The number of carbonyl (C=O) groups excluding carboxylic acids is 2. The summed E-state index contributed by atoms with van der Waals surface area (Å²) in [4.78, 5) is 29.0. The van der Waals surface area contributed by atoms with Crippen molar-refractivity contribution in [2.24, 2.45) is 5.92 Å². The molecule has 4 nitrogen and oxygen atoms in total. The molecule has 0 saturated heterocycles. The van der Waals surface area contributed by atoms with E-state index in [9.17, 15) is 9.59 Å². The van der Waals surface area contributed by atoms with Gasteiger partial charge in [0.25, 0.3) is 0 Å². The number of ketones is 1. The van der Waals surface area contributed by atoms with Gasteiger partial charge in [-0.3, -0.25) is 4.79 Å². The third-order valence-electron chi connectivity index (χ3n) is 6.98. The number of Topliss-reactive ketones (excluding diaryl/α,β-unsaturated/α-hetero) is 1. The summed E-state index contributed by atoms with van der Waals surface area (Å²) in [6.45, 7) is 10.6. The van der Waals surface area contributed by atoms with Crippen LogP contribution in [0.3, 0.4) is 0 Å². The van der Waals surface area contributed by atoms with Crippen LogP contribution in [-0.2, 0) is 16.6 Å². The lowest BCUT2D eigenvalue weighted by Crippen LogP contribution is -2.21.